The van der Waals surface area contributed by atoms with Crippen LogP contribution in [0.2, 0.25) is 0 Å². The summed E-state index contributed by atoms with van der Waals surface area (Å²) in [6.45, 7) is 3.92. The van der Waals surface area contributed by atoms with Gasteiger partial charge >= 0.3 is 6.18 Å². The standard InChI is InChI=1S/C14H15F3N2S/c1-8-9(2)20-13(19-8)7-12(18)10-3-5-11(6-4-10)14(15,16)17/h3-6,12H,7,18H2,1-2H3. The first-order chi connectivity index (χ1) is 9.27. The number of rotatable bonds is 3. The molecular formula is C14H15F3N2S. The zero-order chi connectivity index (χ0) is 14.9. The van der Waals surface area contributed by atoms with Crippen LogP contribution in [0.25, 0.3) is 0 Å². The first-order valence-corrected chi connectivity index (χ1v) is 6.94. The van der Waals surface area contributed by atoms with Crippen LogP contribution >= 0.6 is 11.3 Å². The second-order valence-electron chi connectivity index (χ2n) is 4.68. The van der Waals surface area contributed by atoms with E-state index >= 15 is 0 Å². The normalized spacial score (nSPS) is 13.5. The number of aryl methyl sites for hydroxylation is 2. The fraction of sp³-hybridized carbons (Fsp3) is 0.357. The van der Waals surface area contributed by atoms with Gasteiger partial charge in [0.25, 0.3) is 0 Å². The minimum Gasteiger partial charge on any atom is -0.324 e. The summed E-state index contributed by atoms with van der Waals surface area (Å²) in [6, 6.07) is 4.64. The average molecular weight is 300 g/mol. The summed E-state index contributed by atoms with van der Waals surface area (Å²) in [5, 5.41) is 0.910. The number of hydrogen-bond donors (Lipinski definition) is 1. The third-order valence-electron chi connectivity index (χ3n) is 3.13. The van der Waals surface area contributed by atoms with Crippen molar-refractivity contribution in [2.75, 3.05) is 0 Å². The second kappa shape index (κ2) is 5.54. The maximum atomic E-state index is 12.5. The molecule has 0 radical (unpaired) electrons. The molecule has 1 atom stereocenters. The molecular weight excluding hydrogens is 285 g/mol. The quantitative estimate of drug-likeness (QED) is 0.929. The van der Waals surface area contributed by atoms with Gasteiger partial charge in [0, 0.05) is 17.3 Å². The molecule has 0 spiro atoms. The Bertz CT molecular complexity index is 568. The summed E-state index contributed by atoms with van der Waals surface area (Å²) >= 11 is 1.57. The van der Waals surface area contributed by atoms with Gasteiger partial charge in [-0.15, -0.1) is 11.3 Å². The van der Waals surface area contributed by atoms with Crippen LogP contribution in [0.4, 0.5) is 13.2 Å². The van der Waals surface area contributed by atoms with Crippen molar-refractivity contribution in [2.45, 2.75) is 32.5 Å². The van der Waals surface area contributed by atoms with Crippen LogP contribution in [-0.2, 0) is 12.6 Å². The Morgan fingerprint density at radius 1 is 1.20 bits per heavy atom. The van der Waals surface area contributed by atoms with Crippen molar-refractivity contribution < 1.29 is 13.2 Å². The number of benzene rings is 1. The molecule has 0 aliphatic heterocycles. The van der Waals surface area contributed by atoms with E-state index < -0.39 is 11.7 Å². The number of nitrogens with zero attached hydrogens (tertiary/aromatic N) is 1. The zero-order valence-electron chi connectivity index (χ0n) is 11.2. The predicted octanol–water partition coefficient (Wildman–Crippen LogP) is 4.02. The van der Waals surface area contributed by atoms with Crippen LogP contribution in [0.1, 0.15) is 32.7 Å². The van der Waals surface area contributed by atoms with Gasteiger partial charge in [-0.1, -0.05) is 12.1 Å². The van der Waals surface area contributed by atoms with Crippen molar-refractivity contribution in [1.29, 1.82) is 0 Å². The molecule has 0 saturated carbocycles. The molecule has 1 aromatic heterocycles. The van der Waals surface area contributed by atoms with Crippen molar-refractivity contribution in [3.63, 3.8) is 0 Å². The molecule has 0 saturated heterocycles. The second-order valence-corrected chi connectivity index (χ2v) is 5.97. The van der Waals surface area contributed by atoms with Crippen LogP contribution in [0, 0.1) is 13.8 Å². The van der Waals surface area contributed by atoms with Crippen molar-refractivity contribution in [3.8, 4) is 0 Å². The van der Waals surface area contributed by atoms with Crippen LogP contribution in [0.15, 0.2) is 24.3 Å². The van der Waals surface area contributed by atoms with Crippen molar-refractivity contribution in [3.05, 3.63) is 51.0 Å². The monoisotopic (exact) mass is 300 g/mol. The highest BCUT2D eigenvalue weighted by Gasteiger charge is 2.30. The van der Waals surface area contributed by atoms with E-state index in [4.69, 9.17) is 5.73 Å². The largest absolute Gasteiger partial charge is 0.416 e. The Labute approximate surface area is 119 Å². The number of nitrogens with two attached hydrogens (primary N) is 1. The lowest BCUT2D eigenvalue weighted by Crippen LogP contribution is -2.14. The molecule has 1 heterocycles. The average Bonchev–Trinajstić information content (AvgIpc) is 2.67. The molecule has 108 valence electrons. The Morgan fingerprint density at radius 3 is 2.25 bits per heavy atom. The molecule has 2 aromatic rings. The maximum absolute atomic E-state index is 12.5. The molecule has 0 fully saturated rings. The van der Waals surface area contributed by atoms with Gasteiger partial charge in [-0.05, 0) is 31.5 Å². The van der Waals surface area contributed by atoms with Gasteiger partial charge in [0.2, 0.25) is 0 Å². The molecule has 0 amide bonds. The topological polar surface area (TPSA) is 38.9 Å². The zero-order valence-corrected chi connectivity index (χ0v) is 12.0. The highest BCUT2D eigenvalue weighted by molar-refractivity contribution is 7.11. The first kappa shape index (κ1) is 15.0. The minimum atomic E-state index is -4.31. The van der Waals surface area contributed by atoms with Gasteiger partial charge in [0.15, 0.2) is 0 Å². The Hall–Kier alpha value is -1.40. The first-order valence-electron chi connectivity index (χ1n) is 6.13. The van der Waals surface area contributed by atoms with Gasteiger partial charge in [0.1, 0.15) is 0 Å². The lowest BCUT2D eigenvalue weighted by Gasteiger charge is -2.12. The third kappa shape index (κ3) is 3.37. The fourth-order valence-corrected chi connectivity index (χ4v) is 2.84. The number of hydrogen-bond acceptors (Lipinski definition) is 3. The van der Waals surface area contributed by atoms with E-state index in [2.05, 4.69) is 4.98 Å². The summed E-state index contributed by atoms with van der Waals surface area (Å²) in [7, 11) is 0. The van der Waals surface area contributed by atoms with Gasteiger partial charge in [0.05, 0.1) is 16.3 Å². The Balaban J connectivity index is 2.11. The SMILES string of the molecule is Cc1nc(CC(N)c2ccc(C(F)(F)F)cc2)sc1C. The molecule has 2 rings (SSSR count). The third-order valence-corrected chi connectivity index (χ3v) is 4.23. The number of alkyl halides is 3. The van der Waals surface area contributed by atoms with Gasteiger partial charge in [-0.25, -0.2) is 4.98 Å². The highest BCUT2D eigenvalue weighted by Crippen LogP contribution is 2.30. The summed E-state index contributed by atoms with van der Waals surface area (Å²) in [4.78, 5) is 5.53. The molecule has 0 aliphatic rings. The number of aromatic nitrogens is 1. The van der Waals surface area contributed by atoms with E-state index in [1.165, 1.54) is 12.1 Å². The summed E-state index contributed by atoms with van der Waals surface area (Å²) < 4.78 is 37.4. The number of halogens is 3. The van der Waals surface area contributed by atoms with E-state index in [0.717, 1.165) is 27.7 Å². The highest BCUT2D eigenvalue weighted by atomic mass is 32.1. The lowest BCUT2D eigenvalue weighted by atomic mass is 10.0. The van der Waals surface area contributed by atoms with E-state index in [-0.39, 0.29) is 6.04 Å². The number of thiazole rings is 1. The maximum Gasteiger partial charge on any atom is 0.416 e. The van der Waals surface area contributed by atoms with Gasteiger partial charge in [-0.2, -0.15) is 13.2 Å². The molecule has 6 heteroatoms. The van der Waals surface area contributed by atoms with Crippen molar-refractivity contribution >= 4 is 11.3 Å². The fourth-order valence-electron chi connectivity index (χ4n) is 1.85. The lowest BCUT2D eigenvalue weighted by molar-refractivity contribution is -0.137. The molecule has 1 aromatic carbocycles. The van der Waals surface area contributed by atoms with E-state index in [0.29, 0.717) is 12.0 Å². The summed E-state index contributed by atoms with van der Waals surface area (Å²) in [6.07, 6.45) is -3.78. The summed E-state index contributed by atoms with van der Waals surface area (Å²) in [5.41, 5.74) is 7.03. The van der Waals surface area contributed by atoms with Gasteiger partial charge < -0.3 is 5.73 Å². The van der Waals surface area contributed by atoms with E-state index in [9.17, 15) is 13.2 Å². The van der Waals surface area contributed by atoms with Crippen LogP contribution < -0.4 is 5.73 Å². The van der Waals surface area contributed by atoms with Crippen LogP contribution in [-0.4, -0.2) is 4.98 Å². The Morgan fingerprint density at radius 2 is 1.80 bits per heavy atom. The van der Waals surface area contributed by atoms with Crippen molar-refractivity contribution in [2.24, 2.45) is 5.73 Å². The molecule has 20 heavy (non-hydrogen) atoms. The van der Waals surface area contributed by atoms with Crippen molar-refractivity contribution in [1.82, 2.24) is 4.98 Å². The summed E-state index contributed by atoms with van der Waals surface area (Å²) in [5.74, 6) is 0. The molecule has 0 aliphatic carbocycles. The van der Waals surface area contributed by atoms with Crippen LogP contribution in [0.3, 0.4) is 0 Å². The molecule has 2 nitrogen and oxygen atoms in total. The predicted molar refractivity (Wildman–Crippen MR) is 73.7 cm³/mol. The van der Waals surface area contributed by atoms with E-state index in [1.54, 1.807) is 11.3 Å². The van der Waals surface area contributed by atoms with Gasteiger partial charge in [-0.3, -0.25) is 0 Å². The van der Waals surface area contributed by atoms with Crippen LogP contribution in [0.5, 0.6) is 0 Å². The minimum absolute atomic E-state index is 0.345. The smallest absolute Gasteiger partial charge is 0.324 e. The van der Waals surface area contributed by atoms with E-state index in [1.807, 2.05) is 13.8 Å². The molecule has 2 N–H and O–H groups in total. The molecule has 1 unspecified atom stereocenters. The molecule has 0 bridgehead atoms. The Kier molecular flexibility index (Phi) is 4.15.